The van der Waals surface area contributed by atoms with Crippen molar-refractivity contribution in [2.75, 3.05) is 20.1 Å². The van der Waals surface area contributed by atoms with E-state index in [0.29, 0.717) is 11.6 Å². The Hall–Kier alpha value is -1.75. The highest BCUT2D eigenvalue weighted by Crippen LogP contribution is 2.30. The predicted octanol–water partition coefficient (Wildman–Crippen LogP) is 3.27. The highest BCUT2D eigenvalue weighted by molar-refractivity contribution is 5.35. The molecule has 0 saturated carbocycles. The minimum atomic E-state index is -0.838. The molecule has 3 nitrogen and oxygen atoms in total. The molecular formula is C16H19F2N3. The Morgan fingerprint density at radius 2 is 1.81 bits per heavy atom. The maximum atomic E-state index is 13.5. The number of halogens is 2. The quantitative estimate of drug-likeness (QED) is 0.847. The first kappa shape index (κ1) is 14.2. The van der Waals surface area contributed by atoms with Crippen LogP contribution in [0, 0.1) is 18.6 Å². The molecule has 0 N–H and O–H groups in total. The molecule has 0 atom stereocenters. The molecule has 0 amide bonds. The van der Waals surface area contributed by atoms with Gasteiger partial charge in [-0.05, 0) is 58.1 Å². The highest BCUT2D eigenvalue weighted by atomic mass is 19.2. The molecule has 112 valence electrons. The van der Waals surface area contributed by atoms with E-state index >= 15 is 0 Å². The standard InChI is InChI=1S/C16H19F2N3/c1-11-9-16(12-5-7-20(2)8-6-12)21(19-11)13-3-4-14(17)15(18)10-13/h3-4,9-10,12H,5-8H2,1-2H3. The fourth-order valence-corrected chi connectivity index (χ4v) is 2.94. The lowest BCUT2D eigenvalue weighted by molar-refractivity contribution is 0.252. The van der Waals surface area contributed by atoms with Crippen LogP contribution in [-0.4, -0.2) is 34.8 Å². The average Bonchev–Trinajstić information content (AvgIpc) is 2.85. The first-order chi connectivity index (χ1) is 10.0. The lowest BCUT2D eigenvalue weighted by Gasteiger charge is -2.29. The first-order valence-corrected chi connectivity index (χ1v) is 7.25. The van der Waals surface area contributed by atoms with E-state index < -0.39 is 11.6 Å². The van der Waals surface area contributed by atoms with Gasteiger partial charge in [0, 0.05) is 17.7 Å². The van der Waals surface area contributed by atoms with Gasteiger partial charge >= 0.3 is 0 Å². The molecule has 2 aromatic rings. The van der Waals surface area contributed by atoms with Gasteiger partial charge in [0.2, 0.25) is 0 Å². The number of aryl methyl sites for hydroxylation is 1. The Bertz CT molecular complexity index is 643. The third-order valence-electron chi connectivity index (χ3n) is 4.14. The van der Waals surface area contributed by atoms with Gasteiger partial charge in [-0.15, -0.1) is 0 Å². The molecule has 21 heavy (non-hydrogen) atoms. The molecular weight excluding hydrogens is 272 g/mol. The van der Waals surface area contributed by atoms with Gasteiger partial charge in [-0.2, -0.15) is 5.10 Å². The molecule has 3 rings (SSSR count). The molecule has 0 radical (unpaired) electrons. The van der Waals surface area contributed by atoms with Crippen molar-refractivity contribution in [1.29, 1.82) is 0 Å². The Kier molecular flexibility index (Phi) is 3.76. The number of aromatic nitrogens is 2. The van der Waals surface area contributed by atoms with Gasteiger partial charge in [0.1, 0.15) is 0 Å². The average molecular weight is 291 g/mol. The topological polar surface area (TPSA) is 21.1 Å². The van der Waals surface area contributed by atoms with Crippen molar-refractivity contribution in [2.45, 2.75) is 25.7 Å². The number of nitrogens with zero attached hydrogens (tertiary/aromatic N) is 3. The molecule has 0 spiro atoms. The van der Waals surface area contributed by atoms with E-state index in [1.807, 2.05) is 6.92 Å². The summed E-state index contributed by atoms with van der Waals surface area (Å²) in [5.74, 6) is -1.26. The number of likely N-dealkylation sites (tertiary alicyclic amines) is 1. The Morgan fingerprint density at radius 1 is 1.10 bits per heavy atom. The third-order valence-corrected chi connectivity index (χ3v) is 4.14. The van der Waals surface area contributed by atoms with Crippen molar-refractivity contribution < 1.29 is 8.78 Å². The summed E-state index contributed by atoms with van der Waals surface area (Å²) in [6.07, 6.45) is 2.12. The van der Waals surface area contributed by atoms with Crippen molar-refractivity contribution in [1.82, 2.24) is 14.7 Å². The van der Waals surface area contributed by atoms with Crippen molar-refractivity contribution in [3.8, 4) is 5.69 Å². The zero-order chi connectivity index (χ0) is 15.0. The Labute approximate surface area is 123 Å². The monoisotopic (exact) mass is 291 g/mol. The van der Waals surface area contributed by atoms with E-state index in [9.17, 15) is 8.78 Å². The molecule has 5 heteroatoms. The predicted molar refractivity (Wildman–Crippen MR) is 77.7 cm³/mol. The lowest BCUT2D eigenvalue weighted by atomic mass is 9.93. The zero-order valence-corrected chi connectivity index (χ0v) is 12.3. The van der Waals surface area contributed by atoms with Crippen LogP contribution in [0.5, 0.6) is 0 Å². The highest BCUT2D eigenvalue weighted by Gasteiger charge is 2.23. The Balaban J connectivity index is 1.97. The summed E-state index contributed by atoms with van der Waals surface area (Å²) in [5.41, 5.74) is 2.57. The number of benzene rings is 1. The molecule has 1 aliphatic heterocycles. The van der Waals surface area contributed by atoms with Crippen LogP contribution in [-0.2, 0) is 0 Å². The molecule has 1 aromatic carbocycles. The number of hydrogen-bond acceptors (Lipinski definition) is 2. The fraction of sp³-hybridized carbons (Fsp3) is 0.438. The van der Waals surface area contributed by atoms with E-state index in [1.165, 1.54) is 6.07 Å². The van der Waals surface area contributed by atoms with E-state index in [4.69, 9.17) is 0 Å². The summed E-state index contributed by atoms with van der Waals surface area (Å²) < 4.78 is 28.3. The van der Waals surface area contributed by atoms with E-state index in [-0.39, 0.29) is 0 Å². The maximum absolute atomic E-state index is 13.5. The minimum absolute atomic E-state index is 0.413. The van der Waals surface area contributed by atoms with Crippen LogP contribution in [0.1, 0.15) is 30.1 Å². The minimum Gasteiger partial charge on any atom is -0.306 e. The molecule has 0 aliphatic carbocycles. The molecule has 1 aliphatic rings. The van der Waals surface area contributed by atoms with Crippen molar-refractivity contribution in [3.05, 3.63) is 47.3 Å². The van der Waals surface area contributed by atoms with E-state index in [2.05, 4.69) is 23.1 Å². The number of rotatable bonds is 2. The van der Waals surface area contributed by atoms with Crippen LogP contribution in [0.2, 0.25) is 0 Å². The van der Waals surface area contributed by atoms with Crippen molar-refractivity contribution in [2.24, 2.45) is 0 Å². The second kappa shape index (κ2) is 5.56. The molecule has 1 saturated heterocycles. The summed E-state index contributed by atoms with van der Waals surface area (Å²) in [6, 6.07) is 5.99. The fourth-order valence-electron chi connectivity index (χ4n) is 2.94. The SMILES string of the molecule is Cc1cc(C2CCN(C)CC2)n(-c2ccc(F)c(F)c2)n1. The second-order valence-electron chi connectivity index (χ2n) is 5.80. The molecule has 0 bridgehead atoms. The molecule has 1 fully saturated rings. The molecule has 1 aromatic heterocycles. The molecule has 0 unspecified atom stereocenters. The maximum Gasteiger partial charge on any atom is 0.160 e. The van der Waals surface area contributed by atoms with Crippen molar-refractivity contribution in [3.63, 3.8) is 0 Å². The summed E-state index contributed by atoms with van der Waals surface area (Å²) in [5, 5.41) is 4.46. The van der Waals surface area contributed by atoms with Crippen molar-refractivity contribution >= 4 is 0 Å². The summed E-state index contributed by atoms with van der Waals surface area (Å²) in [4.78, 5) is 2.31. The van der Waals surface area contributed by atoms with Crippen LogP contribution >= 0.6 is 0 Å². The van der Waals surface area contributed by atoms with Crippen LogP contribution in [0.4, 0.5) is 8.78 Å². The van der Waals surface area contributed by atoms with Gasteiger partial charge in [0.15, 0.2) is 11.6 Å². The van der Waals surface area contributed by atoms with Gasteiger partial charge < -0.3 is 4.90 Å². The largest absolute Gasteiger partial charge is 0.306 e. The third kappa shape index (κ3) is 2.83. The summed E-state index contributed by atoms with van der Waals surface area (Å²) in [6.45, 7) is 4.02. The van der Waals surface area contributed by atoms with Gasteiger partial charge in [-0.3, -0.25) is 0 Å². The summed E-state index contributed by atoms with van der Waals surface area (Å²) >= 11 is 0. The molecule has 2 heterocycles. The second-order valence-corrected chi connectivity index (χ2v) is 5.80. The van der Waals surface area contributed by atoms with E-state index in [1.54, 1.807) is 10.7 Å². The van der Waals surface area contributed by atoms with Gasteiger partial charge in [-0.1, -0.05) is 0 Å². The van der Waals surface area contributed by atoms with E-state index in [0.717, 1.165) is 43.4 Å². The van der Waals surface area contributed by atoms with Gasteiger partial charge in [0.25, 0.3) is 0 Å². The summed E-state index contributed by atoms with van der Waals surface area (Å²) in [7, 11) is 2.12. The number of piperidine rings is 1. The van der Waals surface area contributed by atoms with Gasteiger partial charge in [-0.25, -0.2) is 13.5 Å². The smallest absolute Gasteiger partial charge is 0.160 e. The lowest BCUT2D eigenvalue weighted by Crippen LogP contribution is -2.30. The Morgan fingerprint density at radius 3 is 2.48 bits per heavy atom. The van der Waals surface area contributed by atoms with Crippen LogP contribution in [0.3, 0.4) is 0 Å². The zero-order valence-electron chi connectivity index (χ0n) is 12.3. The number of hydrogen-bond donors (Lipinski definition) is 0. The van der Waals surface area contributed by atoms with Crippen LogP contribution in [0.25, 0.3) is 5.69 Å². The first-order valence-electron chi connectivity index (χ1n) is 7.25. The van der Waals surface area contributed by atoms with Crippen LogP contribution in [0.15, 0.2) is 24.3 Å². The van der Waals surface area contributed by atoms with Gasteiger partial charge in [0.05, 0.1) is 11.4 Å². The normalized spacial score (nSPS) is 17.3. The van der Waals surface area contributed by atoms with Crippen LogP contribution < -0.4 is 0 Å².